The number of nitrogens with zero attached hydrogens (tertiary/aromatic N) is 2. The van der Waals surface area contributed by atoms with Gasteiger partial charge in [0.05, 0.1) is 16.9 Å². The predicted molar refractivity (Wildman–Crippen MR) is 76.1 cm³/mol. The molecule has 1 aliphatic rings. The molecular weight excluding hydrogens is 314 g/mol. The number of aromatic nitrogens is 2. The van der Waals surface area contributed by atoms with E-state index in [2.05, 4.69) is 44.5 Å². The quantitative estimate of drug-likeness (QED) is 0.931. The number of hydrogen-bond donors (Lipinski definition) is 1. The van der Waals surface area contributed by atoms with Gasteiger partial charge < -0.3 is 5.32 Å². The van der Waals surface area contributed by atoms with E-state index in [4.69, 9.17) is 11.6 Å². The van der Waals surface area contributed by atoms with Gasteiger partial charge in [-0.15, -0.1) is 0 Å². The normalized spacial score (nSPS) is 15.0. The molecule has 0 radical (unpaired) electrons. The SMILES string of the molecule is Clc1cnn(-c2cc(Br)ccc2CNC2CC2)c1. The molecule has 1 fully saturated rings. The summed E-state index contributed by atoms with van der Waals surface area (Å²) in [5.41, 5.74) is 2.29. The van der Waals surface area contributed by atoms with Crippen molar-refractivity contribution < 1.29 is 0 Å². The highest BCUT2D eigenvalue weighted by Gasteiger charge is 2.20. The minimum Gasteiger partial charge on any atom is -0.310 e. The Morgan fingerprint density at radius 3 is 2.94 bits per heavy atom. The van der Waals surface area contributed by atoms with E-state index in [9.17, 15) is 0 Å². The molecule has 2 aromatic rings. The molecule has 1 aliphatic carbocycles. The zero-order chi connectivity index (χ0) is 12.5. The monoisotopic (exact) mass is 325 g/mol. The van der Waals surface area contributed by atoms with Crippen LogP contribution in [0.1, 0.15) is 18.4 Å². The molecule has 1 N–H and O–H groups in total. The molecule has 18 heavy (non-hydrogen) atoms. The zero-order valence-corrected chi connectivity index (χ0v) is 12.1. The lowest BCUT2D eigenvalue weighted by atomic mass is 10.2. The fraction of sp³-hybridized carbons (Fsp3) is 0.308. The fourth-order valence-electron chi connectivity index (χ4n) is 1.87. The third-order valence-corrected chi connectivity index (χ3v) is 3.69. The van der Waals surface area contributed by atoms with Crippen molar-refractivity contribution in [3.05, 3.63) is 45.7 Å². The first-order valence-electron chi connectivity index (χ1n) is 5.95. The van der Waals surface area contributed by atoms with Crippen LogP contribution < -0.4 is 5.32 Å². The van der Waals surface area contributed by atoms with Gasteiger partial charge in [0.15, 0.2) is 0 Å². The third kappa shape index (κ3) is 2.76. The maximum Gasteiger partial charge on any atom is 0.0790 e. The average molecular weight is 327 g/mol. The summed E-state index contributed by atoms with van der Waals surface area (Å²) in [6.45, 7) is 0.866. The summed E-state index contributed by atoms with van der Waals surface area (Å²) in [7, 11) is 0. The van der Waals surface area contributed by atoms with Crippen LogP contribution in [0, 0.1) is 0 Å². The maximum absolute atomic E-state index is 5.93. The molecule has 5 heteroatoms. The Morgan fingerprint density at radius 2 is 2.28 bits per heavy atom. The average Bonchev–Trinajstić information content (AvgIpc) is 3.09. The van der Waals surface area contributed by atoms with Gasteiger partial charge in [0.2, 0.25) is 0 Å². The first-order chi connectivity index (χ1) is 8.72. The summed E-state index contributed by atoms with van der Waals surface area (Å²) in [4.78, 5) is 0. The largest absolute Gasteiger partial charge is 0.310 e. The van der Waals surface area contributed by atoms with Gasteiger partial charge in [-0.1, -0.05) is 33.6 Å². The van der Waals surface area contributed by atoms with Crippen LogP contribution in [0.25, 0.3) is 5.69 Å². The number of halogens is 2. The first-order valence-corrected chi connectivity index (χ1v) is 7.12. The van der Waals surface area contributed by atoms with Gasteiger partial charge in [-0.05, 0) is 30.5 Å². The van der Waals surface area contributed by atoms with Gasteiger partial charge in [0.1, 0.15) is 0 Å². The Morgan fingerprint density at radius 1 is 1.44 bits per heavy atom. The van der Waals surface area contributed by atoms with Crippen molar-refractivity contribution in [1.29, 1.82) is 0 Å². The predicted octanol–water partition coefficient (Wildman–Crippen LogP) is 3.54. The van der Waals surface area contributed by atoms with Crippen LogP contribution in [0.4, 0.5) is 0 Å². The minimum atomic E-state index is 0.649. The van der Waals surface area contributed by atoms with Gasteiger partial charge in [0, 0.05) is 23.3 Å². The van der Waals surface area contributed by atoms with Gasteiger partial charge in [-0.25, -0.2) is 4.68 Å². The van der Waals surface area contributed by atoms with Crippen molar-refractivity contribution in [2.75, 3.05) is 0 Å². The zero-order valence-electron chi connectivity index (χ0n) is 9.74. The Bertz CT molecular complexity index is 563. The van der Waals surface area contributed by atoms with Crippen LogP contribution in [-0.2, 0) is 6.54 Å². The van der Waals surface area contributed by atoms with E-state index in [1.165, 1.54) is 18.4 Å². The number of rotatable bonds is 4. The summed E-state index contributed by atoms with van der Waals surface area (Å²) in [6.07, 6.45) is 6.06. The van der Waals surface area contributed by atoms with E-state index >= 15 is 0 Å². The molecule has 0 saturated heterocycles. The lowest BCUT2D eigenvalue weighted by Crippen LogP contribution is -2.17. The van der Waals surface area contributed by atoms with E-state index in [-0.39, 0.29) is 0 Å². The molecule has 1 saturated carbocycles. The van der Waals surface area contributed by atoms with Gasteiger partial charge in [-0.3, -0.25) is 0 Å². The highest BCUT2D eigenvalue weighted by Crippen LogP contribution is 2.24. The van der Waals surface area contributed by atoms with Crippen molar-refractivity contribution in [3.8, 4) is 5.69 Å². The van der Waals surface area contributed by atoms with Crippen LogP contribution >= 0.6 is 27.5 Å². The molecule has 3 rings (SSSR count). The molecule has 1 heterocycles. The van der Waals surface area contributed by atoms with E-state index in [1.54, 1.807) is 6.20 Å². The third-order valence-electron chi connectivity index (χ3n) is 3.00. The lowest BCUT2D eigenvalue weighted by Gasteiger charge is -2.11. The van der Waals surface area contributed by atoms with Crippen LogP contribution in [-0.4, -0.2) is 15.8 Å². The highest BCUT2D eigenvalue weighted by atomic mass is 79.9. The van der Waals surface area contributed by atoms with E-state index < -0.39 is 0 Å². The van der Waals surface area contributed by atoms with Crippen molar-refractivity contribution >= 4 is 27.5 Å². The van der Waals surface area contributed by atoms with Gasteiger partial charge >= 0.3 is 0 Å². The van der Waals surface area contributed by atoms with Crippen molar-refractivity contribution in [3.63, 3.8) is 0 Å². The standard InChI is InChI=1S/C13H13BrClN3/c14-10-2-1-9(6-16-12-3-4-12)13(5-10)18-8-11(15)7-17-18/h1-2,5,7-8,12,16H,3-4,6H2. The van der Waals surface area contributed by atoms with Crippen LogP contribution in [0.3, 0.4) is 0 Å². The Balaban J connectivity index is 1.91. The van der Waals surface area contributed by atoms with Crippen molar-refractivity contribution in [2.24, 2.45) is 0 Å². The smallest absolute Gasteiger partial charge is 0.0790 e. The van der Waals surface area contributed by atoms with E-state index in [1.807, 2.05) is 10.9 Å². The van der Waals surface area contributed by atoms with Crippen molar-refractivity contribution in [1.82, 2.24) is 15.1 Å². The van der Waals surface area contributed by atoms with Crippen LogP contribution in [0.2, 0.25) is 5.02 Å². The molecule has 0 bridgehead atoms. The molecule has 94 valence electrons. The summed E-state index contributed by atoms with van der Waals surface area (Å²) in [5.74, 6) is 0. The molecular formula is C13H13BrClN3. The maximum atomic E-state index is 5.93. The molecule has 3 nitrogen and oxygen atoms in total. The summed E-state index contributed by atoms with van der Waals surface area (Å²) < 4.78 is 2.86. The number of nitrogens with one attached hydrogen (secondary N) is 1. The van der Waals surface area contributed by atoms with Gasteiger partial charge in [0.25, 0.3) is 0 Å². The lowest BCUT2D eigenvalue weighted by molar-refractivity contribution is 0.681. The molecule has 0 spiro atoms. The second-order valence-electron chi connectivity index (χ2n) is 4.53. The van der Waals surface area contributed by atoms with E-state index in [0.717, 1.165) is 16.7 Å². The molecule has 1 aromatic heterocycles. The summed E-state index contributed by atoms with van der Waals surface area (Å²) >= 11 is 9.43. The van der Waals surface area contributed by atoms with Crippen molar-refractivity contribution in [2.45, 2.75) is 25.4 Å². The molecule has 0 aliphatic heterocycles. The van der Waals surface area contributed by atoms with E-state index in [0.29, 0.717) is 11.1 Å². The summed E-state index contributed by atoms with van der Waals surface area (Å²) in [5, 5.41) is 8.44. The Hall–Kier alpha value is -0.840. The molecule has 0 atom stereocenters. The second kappa shape index (κ2) is 5.03. The molecule has 0 unspecified atom stereocenters. The Kier molecular flexibility index (Phi) is 3.41. The molecule has 1 aromatic carbocycles. The number of hydrogen-bond acceptors (Lipinski definition) is 2. The first kappa shape index (κ1) is 12.2. The van der Waals surface area contributed by atoms with Crippen LogP contribution in [0.15, 0.2) is 35.1 Å². The molecule has 0 amide bonds. The highest BCUT2D eigenvalue weighted by molar-refractivity contribution is 9.10. The Labute approximate surface area is 119 Å². The minimum absolute atomic E-state index is 0.649. The summed E-state index contributed by atoms with van der Waals surface area (Å²) in [6, 6.07) is 6.93. The van der Waals surface area contributed by atoms with Crippen LogP contribution in [0.5, 0.6) is 0 Å². The topological polar surface area (TPSA) is 29.9 Å². The van der Waals surface area contributed by atoms with Gasteiger partial charge in [-0.2, -0.15) is 5.10 Å². The fourth-order valence-corrected chi connectivity index (χ4v) is 2.36. The number of benzene rings is 1. The second-order valence-corrected chi connectivity index (χ2v) is 5.88.